The number of imide groups is 1. The number of rotatable bonds is 6. The molecule has 0 atom stereocenters. The average molecular weight is 372 g/mol. The first-order chi connectivity index (χ1) is 12.5. The van der Waals surface area contributed by atoms with Gasteiger partial charge in [-0.05, 0) is 36.6 Å². The molecule has 1 aliphatic carbocycles. The molecule has 2 amide bonds. The van der Waals surface area contributed by atoms with Gasteiger partial charge in [0, 0.05) is 24.2 Å². The standard InChI is InChI=1S/C17H20N6O2S/c1-9(2)7-18-13-6-14(20-11-3-4-11)23-15(21-13)10(8-19-23)5-12-16(24)22-17(25)26-12/h5-6,8-9,11,20H,3-4,7H2,1-2H3,(H,18,21)(H,22,24,25)/b12-5-. The Morgan fingerprint density at radius 1 is 1.42 bits per heavy atom. The van der Waals surface area contributed by atoms with Crippen LogP contribution >= 0.6 is 11.8 Å². The van der Waals surface area contributed by atoms with Gasteiger partial charge in [0.2, 0.25) is 0 Å². The number of amides is 2. The maximum atomic E-state index is 11.8. The third-order valence-electron chi connectivity index (χ3n) is 4.05. The second-order valence-corrected chi connectivity index (χ2v) is 7.92. The molecule has 1 saturated heterocycles. The second kappa shape index (κ2) is 6.64. The van der Waals surface area contributed by atoms with E-state index in [1.165, 1.54) is 0 Å². The molecule has 8 nitrogen and oxygen atoms in total. The number of nitrogens with one attached hydrogen (secondary N) is 3. The van der Waals surface area contributed by atoms with Gasteiger partial charge in [0.1, 0.15) is 11.6 Å². The fourth-order valence-electron chi connectivity index (χ4n) is 2.58. The van der Waals surface area contributed by atoms with E-state index in [0.717, 1.165) is 42.8 Å². The van der Waals surface area contributed by atoms with Gasteiger partial charge in [-0.2, -0.15) is 9.61 Å². The van der Waals surface area contributed by atoms with Crippen LogP contribution in [0.3, 0.4) is 0 Å². The number of aromatic nitrogens is 3. The largest absolute Gasteiger partial charge is 0.370 e. The predicted molar refractivity (Wildman–Crippen MR) is 102 cm³/mol. The molecule has 0 bridgehead atoms. The van der Waals surface area contributed by atoms with E-state index in [0.29, 0.717) is 28.1 Å². The summed E-state index contributed by atoms with van der Waals surface area (Å²) in [5, 5.41) is 13.1. The van der Waals surface area contributed by atoms with Crippen molar-refractivity contribution in [1.82, 2.24) is 19.9 Å². The highest BCUT2D eigenvalue weighted by molar-refractivity contribution is 8.18. The molecule has 1 saturated carbocycles. The quantitative estimate of drug-likeness (QED) is 0.670. The van der Waals surface area contributed by atoms with Gasteiger partial charge in [0.25, 0.3) is 11.1 Å². The fourth-order valence-corrected chi connectivity index (χ4v) is 3.26. The molecule has 2 aromatic rings. The summed E-state index contributed by atoms with van der Waals surface area (Å²) in [5.74, 6) is 1.73. The molecule has 0 radical (unpaired) electrons. The van der Waals surface area contributed by atoms with E-state index in [1.54, 1.807) is 16.8 Å². The lowest BCUT2D eigenvalue weighted by molar-refractivity contribution is -0.115. The summed E-state index contributed by atoms with van der Waals surface area (Å²) in [6, 6.07) is 2.43. The van der Waals surface area contributed by atoms with E-state index in [-0.39, 0.29) is 11.1 Å². The minimum absolute atomic E-state index is 0.351. The van der Waals surface area contributed by atoms with Crippen LogP contribution in [-0.2, 0) is 4.79 Å². The third-order valence-corrected chi connectivity index (χ3v) is 4.86. The number of anilines is 2. The maximum Gasteiger partial charge on any atom is 0.290 e. The van der Waals surface area contributed by atoms with Gasteiger partial charge >= 0.3 is 0 Å². The molecule has 4 rings (SSSR count). The van der Waals surface area contributed by atoms with Crippen molar-refractivity contribution < 1.29 is 9.59 Å². The van der Waals surface area contributed by atoms with Crippen LogP contribution in [-0.4, -0.2) is 38.3 Å². The molecule has 0 aromatic carbocycles. The van der Waals surface area contributed by atoms with E-state index in [1.807, 2.05) is 6.07 Å². The Morgan fingerprint density at radius 2 is 2.23 bits per heavy atom. The van der Waals surface area contributed by atoms with Crippen LogP contribution in [0.5, 0.6) is 0 Å². The zero-order chi connectivity index (χ0) is 18.3. The maximum absolute atomic E-state index is 11.8. The minimum Gasteiger partial charge on any atom is -0.370 e. The number of carbonyl (C=O) groups is 2. The molecule has 9 heteroatoms. The van der Waals surface area contributed by atoms with E-state index < -0.39 is 0 Å². The lowest BCUT2D eigenvalue weighted by Crippen LogP contribution is -2.17. The Hall–Kier alpha value is -2.55. The van der Waals surface area contributed by atoms with Gasteiger partial charge in [-0.3, -0.25) is 14.9 Å². The number of hydrogen-bond donors (Lipinski definition) is 3. The van der Waals surface area contributed by atoms with Crippen LogP contribution in [0.4, 0.5) is 16.4 Å². The van der Waals surface area contributed by atoms with Crippen molar-refractivity contribution in [1.29, 1.82) is 0 Å². The molecule has 1 aliphatic heterocycles. The normalized spacial score (nSPS) is 18.8. The van der Waals surface area contributed by atoms with E-state index >= 15 is 0 Å². The molecule has 0 spiro atoms. The zero-order valence-electron chi connectivity index (χ0n) is 14.6. The molecule has 0 unspecified atom stereocenters. The van der Waals surface area contributed by atoms with Crippen molar-refractivity contribution in [2.75, 3.05) is 17.2 Å². The predicted octanol–water partition coefficient (Wildman–Crippen LogP) is 2.70. The topological polar surface area (TPSA) is 100 Å². The first-order valence-corrected chi connectivity index (χ1v) is 9.45. The van der Waals surface area contributed by atoms with Crippen LogP contribution in [0.15, 0.2) is 17.2 Å². The van der Waals surface area contributed by atoms with E-state index in [4.69, 9.17) is 0 Å². The Balaban J connectivity index is 1.74. The number of nitrogens with zero attached hydrogens (tertiary/aromatic N) is 3. The lowest BCUT2D eigenvalue weighted by atomic mass is 10.2. The lowest BCUT2D eigenvalue weighted by Gasteiger charge is -2.12. The summed E-state index contributed by atoms with van der Waals surface area (Å²) >= 11 is 0.889. The van der Waals surface area contributed by atoms with Crippen LogP contribution < -0.4 is 16.0 Å². The summed E-state index contributed by atoms with van der Waals surface area (Å²) in [6.07, 6.45) is 5.62. The highest BCUT2D eigenvalue weighted by atomic mass is 32.2. The summed E-state index contributed by atoms with van der Waals surface area (Å²) in [6.45, 7) is 5.08. The summed E-state index contributed by atoms with van der Waals surface area (Å²) < 4.78 is 1.74. The zero-order valence-corrected chi connectivity index (χ0v) is 15.4. The minimum atomic E-state index is -0.384. The summed E-state index contributed by atoms with van der Waals surface area (Å²) in [4.78, 5) is 28.2. The van der Waals surface area contributed by atoms with Gasteiger partial charge in [-0.15, -0.1) is 0 Å². The highest BCUT2D eigenvalue weighted by Crippen LogP contribution is 2.29. The number of hydrogen-bond acceptors (Lipinski definition) is 7. The van der Waals surface area contributed by atoms with Crippen molar-refractivity contribution in [2.45, 2.75) is 32.7 Å². The number of carbonyl (C=O) groups excluding carboxylic acids is 2. The van der Waals surface area contributed by atoms with Gasteiger partial charge in [0.05, 0.1) is 11.1 Å². The first kappa shape index (κ1) is 16.9. The third kappa shape index (κ3) is 3.52. The fraction of sp³-hybridized carbons (Fsp3) is 0.412. The Bertz CT molecular complexity index is 915. The molecule has 3 heterocycles. The van der Waals surface area contributed by atoms with Gasteiger partial charge in [-0.1, -0.05) is 13.8 Å². The number of fused-ring (bicyclic) bond motifs is 1. The monoisotopic (exact) mass is 372 g/mol. The number of thioether (sulfide) groups is 1. The summed E-state index contributed by atoms with van der Waals surface area (Å²) in [5.41, 5.74) is 1.34. The average Bonchev–Trinajstić information content (AvgIpc) is 3.22. The van der Waals surface area contributed by atoms with Gasteiger partial charge < -0.3 is 10.6 Å². The van der Waals surface area contributed by atoms with Crippen molar-refractivity contribution in [3.05, 3.63) is 22.7 Å². The second-order valence-electron chi connectivity index (χ2n) is 6.91. The van der Waals surface area contributed by atoms with Crippen LogP contribution in [0.25, 0.3) is 11.7 Å². The van der Waals surface area contributed by atoms with Crippen LogP contribution in [0.2, 0.25) is 0 Å². The van der Waals surface area contributed by atoms with E-state index in [2.05, 4.69) is 39.9 Å². The Morgan fingerprint density at radius 3 is 2.88 bits per heavy atom. The SMILES string of the molecule is CC(C)CNc1cc(NC2CC2)n2ncc(/C=C3\SC(=O)NC3=O)c2n1. The van der Waals surface area contributed by atoms with E-state index in [9.17, 15) is 9.59 Å². The molecular weight excluding hydrogens is 352 g/mol. The van der Waals surface area contributed by atoms with Crippen LogP contribution in [0, 0.1) is 5.92 Å². The first-order valence-electron chi connectivity index (χ1n) is 8.63. The molecule has 2 aliphatic rings. The van der Waals surface area contributed by atoms with Crippen molar-refractivity contribution in [3.8, 4) is 0 Å². The van der Waals surface area contributed by atoms with Gasteiger partial charge in [0.15, 0.2) is 5.65 Å². The molecule has 2 fully saturated rings. The summed E-state index contributed by atoms with van der Waals surface area (Å²) in [7, 11) is 0. The van der Waals surface area contributed by atoms with Crippen molar-refractivity contribution in [2.24, 2.45) is 5.92 Å². The van der Waals surface area contributed by atoms with Gasteiger partial charge in [-0.25, -0.2) is 4.98 Å². The molecule has 3 N–H and O–H groups in total. The molecule has 136 valence electrons. The Labute approximate surface area is 154 Å². The Kier molecular flexibility index (Phi) is 4.31. The highest BCUT2D eigenvalue weighted by Gasteiger charge is 2.26. The molecular formula is C17H20N6O2S. The molecule has 26 heavy (non-hydrogen) atoms. The smallest absolute Gasteiger partial charge is 0.290 e. The van der Waals surface area contributed by atoms with Crippen LogP contribution in [0.1, 0.15) is 32.3 Å². The molecule has 2 aromatic heterocycles. The van der Waals surface area contributed by atoms with Crippen molar-refractivity contribution in [3.63, 3.8) is 0 Å². The van der Waals surface area contributed by atoms with Crippen molar-refractivity contribution >= 4 is 46.3 Å².